The Bertz CT molecular complexity index is 804. The fourth-order valence-electron chi connectivity index (χ4n) is 2.92. The van der Waals surface area contributed by atoms with Gasteiger partial charge >= 0.3 is 12.0 Å². The smallest absolute Gasteiger partial charge is 0.319 e. The molecule has 0 aromatic heterocycles. The van der Waals surface area contributed by atoms with Crippen LogP contribution >= 0.6 is 0 Å². The molecule has 3 rings (SSSR count). The molecule has 0 spiro atoms. The summed E-state index contributed by atoms with van der Waals surface area (Å²) >= 11 is 0. The maximum absolute atomic E-state index is 12.4. The Hall–Kier alpha value is -3.02. The average molecular weight is 368 g/mol. The fraction of sp³-hybridized carbons (Fsp3) is 0.333. The lowest BCUT2D eigenvalue weighted by molar-refractivity contribution is -0.135. The molecule has 2 aromatic rings. The maximum atomic E-state index is 12.4. The molecule has 6 nitrogen and oxygen atoms in total. The van der Waals surface area contributed by atoms with E-state index in [-0.39, 0.29) is 23.8 Å². The maximum Gasteiger partial charge on any atom is 0.319 e. The van der Waals surface area contributed by atoms with E-state index in [2.05, 4.69) is 10.6 Å². The van der Waals surface area contributed by atoms with Crippen molar-refractivity contribution in [1.82, 2.24) is 5.32 Å². The molecule has 2 atom stereocenters. The van der Waals surface area contributed by atoms with Gasteiger partial charge in [-0.1, -0.05) is 25.1 Å². The predicted molar refractivity (Wildman–Crippen MR) is 103 cm³/mol. The van der Waals surface area contributed by atoms with Crippen LogP contribution in [0, 0.1) is 5.92 Å². The zero-order chi connectivity index (χ0) is 19.2. The Kier molecular flexibility index (Phi) is 5.96. The summed E-state index contributed by atoms with van der Waals surface area (Å²) in [5, 5.41) is 5.46. The quantitative estimate of drug-likeness (QED) is 0.573. The van der Waals surface area contributed by atoms with Gasteiger partial charge in [0.1, 0.15) is 11.5 Å². The van der Waals surface area contributed by atoms with E-state index in [0.29, 0.717) is 18.0 Å². The highest BCUT2D eigenvalue weighted by atomic mass is 16.5. The molecular weight excluding hydrogens is 344 g/mol. The van der Waals surface area contributed by atoms with E-state index in [9.17, 15) is 9.59 Å². The van der Waals surface area contributed by atoms with E-state index in [4.69, 9.17) is 9.47 Å². The van der Waals surface area contributed by atoms with Crippen LogP contribution in [0.2, 0.25) is 0 Å². The third-order valence-electron chi connectivity index (χ3n) is 4.48. The van der Waals surface area contributed by atoms with E-state index in [1.54, 1.807) is 31.4 Å². The minimum atomic E-state index is -0.276. The molecule has 1 aliphatic rings. The van der Waals surface area contributed by atoms with E-state index < -0.39 is 0 Å². The number of hydrogen-bond donors (Lipinski definition) is 2. The topological polar surface area (TPSA) is 76.7 Å². The Labute approximate surface area is 158 Å². The molecular formula is C21H24N2O4. The first-order chi connectivity index (χ1) is 13.1. The number of ether oxygens (including phenoxy) is 2. The van der Waals surface area contributed by atoms with E-state index >= 15 is 0 Å². The van der Waals surface area contributed by atoms with Crippen LogP contribution in [0.1, 0.15) is 31.2 Å². The van der Waals surface area contributed by atoms with Crippen LogP contribution < -0.4 is 20.1 Å². The van der Waals surface area contributed by atoms with Gasteiger partial charge in [0, 0.05) is 18.3 Å². The molecule has 0 heterocycles. The SMILES string of the molecule is CCCNC(=O)Nc1cccc(OC(=O)C2CC2c2ccc(OC)cc2)c1. The number of esters is 1. The summed E-state index contributed by atoms with van der Waals surface area (Å²) in [6.45, 7) is 2.59. The highest BCUT2D eigenvalue weighted by molar-refractivity contribution is 5.89. The molecule has 142 valence electrons. The second-order valence-electron chi connectivity index (χ2n) is 6.55. The van der Waals surface area contributed by atoms with Gasteiger partial charge in [-0.25, -0.2) is 4.79 Å². The van der Waals surface area contributed by atoms with E-state index in [0.717, 1.165) is 24.2 Å². The van der Waals surface area contributed by atoms with Gasteiger partial charge < -0.3 is 20.1 Å². The first-order valence-electron chi connectivity index (χ1n) is 9.11. The highest BCUT2D eigenvalue weighted by Gasteiger charge is 2.45. The molecule has 0 radical (unpaired) electrons. The number of carbonyl (C=O) groups is 2. The minimum absolute atomic E-state index is 0.136. The third-order valence-corrected chi connectivity index (χ3v) is 4.48. The molecule has 2 amide bonds. The molecule has 0 saturated heterocycles. The number of rotatable bonds is 7. The number of urea groups is 1. The molecule has 2 aromatic carbocycles. The Morgan fingerprint density at radius 1 is 1.11 bits per heavy atom. The molecule has 2 unspecified atom stereocenters. The minimum Gasteiger partial charge on any atom is -0.497 e. The van der Waals surface area contributed by atoms with Crippen molar-refractivity contribution in [2.24, 2.45) is 5.92 Å². The van der Waals surface area contributed by atoms with Gasteiger partial charge in [-0.15, -0.1) is 0 Å². The van der Waals surface area contributed by atoms with Crippen molar-refractivity contribution in [3.63, 3.8) is 0 Å². The molecule has 1 saturated carbocycles. The monoisotopic (exact) mass is 368 g/mol. The third kappa shape index (κ3) is 5.00. The van der Waals surface area contributed by atoms with Crippen molar-refractivity contribution in [3.05, 3.63) is 54.1 Å². The zero-order valence-electron chi connectivity index (χ0n) is 15.5. The van der Waals surface area contributed by atoms with Crippen molar-refractivity contribution in [2.45, 2.75) is 25.7 Å². The molecule has 0 bridgehead atoms. The molecule has 1 fully saturated rings. The summed E-state index contributed by atoms with van der Waals surface area (Å²) in [7, 11) is 1.63. The highest BCUT2D eigenvalue weighted by Crippen LogP contribution is 2.48. The zero-order valence-corrected chi connectivity index (χ0v) is 15.5. The van der Waals surface area contributed by atoms with E-state index in [1.807, 2.05) is 31.2 Å². The number of carbonyl (C=O) groups excluding carboxylic acids is 2. The second-order valence-corrected chi connectivity index (χ2v) is 6.55. The summed E-state index contributed by atoms with van der Waals surface area (Å²) in [4.78, 5) is 24.1. The number of amides is 2. The molecule has 0 aliphatic heterocycles. The van der Waals surface area contributed by atoms with Crippen molar-refractivity contribution >= 4 is 17.7 Å². The van der Waals surface area contributed by atoms with Crippen LogP contribution in [-0.4, -0.2) is 25.7 Å². The predicted octanol–water partition coefficient (Wildman–Crippen LogP) is 3.94. The van der Waals surface area contributed by atoms with Crippen LogP contribution in [0.5, 0.6) is 11.5 Å². The molecule has 1 aliphatic carbocycles. The van der Waals surface area contributed by atoms with Crippen molar-refractivity contribution in [2.75, 3.05) is 19.0 Å². The molecule has 27 heavy (non-hydrogen) atoms. The summed E-state index contributed by atoms with van der Waals surface area (Å²) in [6, 6.07) is 14.3. The molecule has 6 heteroatoms. The first-order valence-corrected chi connectivity index (χ1v) is 9.11. The standard InChI is InChI=1S/C21H24N2O4/c1-3-11-22-21(25)23-15-5-4-6-17(12-15)27-20(24)19-13-18(19)14-7-9-16(26-2)10-8-14/h4-10,12,18-19H,3,11,13H2,1-2H3,(H2,22,23,25). The lowest BCUT2D eigenvalue weighted by Gasteiger charge is -2.09. The van der Waals surface area contributed by atoms with Crippen molar-refractivity contribution in [1.29, 1.82) is 0 Å². The fourth-order valence-corrected chi connectivity index (χ4v) is 2.92. The summed E-state index contributed by atoms with van der Waals surface area (Å²) in [5.41, 5.74) is 1.69. The second kappa shape index (κ2) is 8.58. The number of benzene rings is 2. The van der Waals surface area contributed by atoms with Gasteiger partial charge in [0.05, 0.1) is 13.0 Å². The Morgan fingerprint density at radius 2 is 1.89 bits per heavy atom. The summed E-state index contributed by atoms with van der Waals surface area (Å²) in [6.07, 6.45) is 1.64. The van der Waals surface area contributed by atoms with Crippen LogP contribution in [0.3, 0.4) is 0 Å². The van der Waals surface area contributed by atoms with Gasteiger partial charge in [-0.05, 0) is 48.6 Å². The number of hydrogen-bond acceptors (Lipinski definition) is 4. The molecule has 2 N–H and O–H groups in total. The van der Waals surface area contributed by atoms with Crippen molar-refractivity contribution in [3.8, 4) is 11.5 Å². The van der Waals surface area contributed by atoms with Gasteiger partial charge in [0.25, 0.3) is 0 Å². The van der Waals surface area contributed by atoms with Crippen LogP contribution in [0.15, 0.2) is 48.5 Å². The number of methoxy groups -OCH3 is 1. The first kappa shape index (κ1) is 18.8. The van der Waals surface area contributed by atoms with Crippen LogP contribution in [-0.2, 0) is 4.79 Å². The number of nitrogens with one attached hydrogen (secondary N) is 2. The van der Waals surface area contributed by atoms with Crippen molar-refractivity contribution < 1.29 is 19.1 Å². The van der Waals surface area contributed by atoms with Crippen LogP contribution in [0.4, 0.5) is 10.5 Å². The lowest BCUT2D eigenvalue weighted by atomic mass is 10.1. The normalized spacial score (nSPS) is 17.7. The lowest BCUT2D eigenvalue weighted by Crippen LogP contribution is -2.29. The van der Waals surface area contributed by atoms with Crippen LogP contribution in [0.25, 0.3) is 0 Å². The summed E-state index contributed by atoms with van der Waals surface area (Å²) in [5.74, 6) is 1.02. The van der Waals surface area contributed by atoms with Gasteiger partial charge in [0.2, 0.25) is 0 Å². The van der Waals surface area contributed by atoms with Gasteiger partial charge in [-0.2, -0.15) is 0 Å². The average Bonchev–Trinajstić information content (AvgIpc) is 3.48. The number of anilines is 1. The van der Waals surface area contributed by atoms with Gasteiger partial charge in [0.15, 0.2) is 0 Å². The Balaban J connectivity index is 1.55. The summed E-state index contributed by atoms with van der Waals surface area (Å²) < 4.78 is 10.7. The Morgan fingerprint density at radius 3 is 2.59 bits per heavy atom. The van der Waals surface area contributed by atoms with Gasteiger partial charge in [-0.3, -0.25) is 4.79 Å². The van der Waals surface area contributed by atoms with E-state index in [1.165, 1.54) is 0 Å². The largest absolute Gasteiger partial charge is 0.497 e.